The molecule has 0 saturated carbocycles. The maximum atomic E-state index is 12.5. The number of amides is 2. The molecule has 0 radical (unpaired) electrons. The molecule has 3 aliphatic heterocycles. The number of likely N-dealkylation sites (tertiary alicyclic amines) is 1. The third-order valence-electron chi connectivity index (χ3n) is 5.70. The van der Waals surface area contributed by atoms with Gasteiger partial charge in [-0.25, -0.2) is 0 Å². The van der Waals surface area contributed by atoms with Crippen LogP contribution < -0.4 is 5.32 Å². The van der Waals surface area contributed by atoms with Gasteiger partial charge in [0.1, 0.15) is 0 Å². The summed E-state index contributed by atoms with van der Waals surface area (Å²) in [5.41, 5.74) is 0. The molecule has 0 aromatic heterocycles. The van der Waals surface area contributed by atoms with Crippen molar-refractivity contribution in [2.24, 2.45) is 0 Å². The lowest BCUT2D eigenvalue weighted by molar-refractivity contribution is -0.133. The minimum Gasteiger partial charge on any atom is -0.376 e. The van der Waals surface area contributed by atoms with Gasteiger partial charge in [0.15, 0.2) is 0 Å². The van der Waals surface area contributed by atoms with Crippen molar-refractivity contribution in [3.63, 3.8) is 0 Å². The molecule has 3 saturated heterocycles. The van der Waals surface area contributed by atoms with Crippen LogP contribution in [0.3, 0.4) is 0 Å². The van der Waals surface area contributed by atoms with Crippen LogP contribution in [0.25, 0.3) is 0 Å². The van der Waals surface area contributed by atoms with E-state index in [0.717, 1.165) is 71.6 Å². The smallest absolute Gasteiger partial charge is 0.236 e. The molecule has 1 atom stereocenters. The van der Waals surface area contributed by atoms with E-state index in [1.165, 1.54) is 12.8 Å². The van der Waals surface area contributed by atoms with Gasteiger partial charge in [-0.3, -0.25) is 19.4 Å². The Balaban J connectivity index is 1.30. The molecule has 1 unspecified atom stereocenters. The quantitative estimate of drug-likeness (QED) is 0.733. The van der Waals surface area contributed by atoms with Gasteiger partial charge in [-0.1, -0.05) is 12.8 Å². The molecule has 0 spiro atoms. The molecule has 3 heterocycles. The summed E-state index contributed by atoms with van der Waals surface area (Å²) in [5, 5.41) is 2.98. The first-order valence-corrected chi connectivity index (χ1v) is 10.3. The van der Waals surface area contributed by atoms with Crippen LogP contribution in [-0.2, 0) is 14.3 Å². The van der Waals surface area contributed by atoms with E-state index in [0.29, 0.717) is 19.6 Å². The Bertz CT molecular complexity index is 452. The van der Waals surface area contributed by atoms with Crippen LogP contribution in [0.15, 0.2) is 0 Å². The molecule has 3 fully saturated rings. The van der Waals surface area contributed by atoms with Gasteiger partial charge in [0.05, 0.1) is 19.2 Å². The van der Waals surface area contributed by atoms with E-state index in [2.05, 4.69) is 15.1 Å². The average molecular weight is 367 g/mol. The molecular weight excluding hydrogens is 332 g/mol. The monoisotopic (exact) mass is 366 g/mol. The number of hydrogen-bond donors (Lipinski definition) is 1. The Morgan fingerprint density at radius 1 is 0.846 bits per heavy atom. The molecule has 148 valence electrons. The second kappa shape index (κ2) is 10.2. The first-order chi connectivity index (χ1) is 12.7. The minimum absolute atomic E-state index is 0.0783. The van der Waals surface area contributed by atoms with Gasteiger partial charge in [-0.2, -0.15) is 0 Å². The predicted octanol–water partition coefficient (Wildman–Crippen LogP) is 0.302. The van der Waals surface area contributed by atoms with E-state index in [1.807, 2.05) is 4.90 Å². The lowest BCUT2D eigenvalue weighted by atomic mass is 10.2. The first-order valence-electron chi connectivity index (χ1n) is 10.3. The number of hydrogen-bond acceptors (Lipinski definition) is 5. The van der Waals surface area contributed by atoms with Gasteiger partial charge in [0.25, 0.3) is 0 Å². The Labute approximate surface area is 157 Å². The van der Waals surface area contributed by atoms with E-state index in [4.69, 9.17) is 4.74 Å². The van der Waals surface area contributed by atoms with Crippen LogP contribution in [0, 0.1) is 0 Å². The molecule has 7 nitrogen and oxygen atoms in total. The summed E-state index contributed by atoms with van der Waals surface area (Å²) in [6.45, 7) is 7.67. The third-order valence-corrected chi connectivity index (χ3v) is 5.70. The molecule has 26 heavy (non-hydrogen) atoms. The fourth-order valence-electron chi connectivity index (χ4n) is 4.01. The number of nitrogens with zero attached hydrogens (tertiary/aromatic N) is 3. The summed E-state index contributed by atoms with van der Waals surface area (Å²) in [6, 6.07) is 0. The molecule has 7 heteroatoms. The Morgan fingerprint density at radius 2 is 1.50 bits per heavy atom. The highest BCUT2D eigenvalue weighted by Gasteiger charge is 2.23. The lowest BCUT2D eigenvalue weighted by Crippen LogP contribution is -2.52. The highest BCUT2D eigenvalue weighted by molar-refractivity contribution is 5.78. The normalized spacial score (nSPS) is 25.8. The van der Waals surface area contributed by atoms with Crippen LogP contribution in [0.5, 0.6) is 0 Å². The number of ether oxygens (including phenoxy) is 1. The van der Waals surface area contributed by atoms with Crippen LogP contribution in [0.2, 0.25) is 0 Å². The number of rotatable bonds is 6. The van der Waals surface area contributed by atoms with Gasteiger partial charge in [0, 0.05) is 52.4 Å². The van der Waals surface area contributed by atoms with Gasteiger partial charge in [-0.05, 0) is 25.7 Å². The molecule has 0 aromatic carbocycles. The number of piperazine rings is 1. The summed E-state index contributed by atoms with van der Waals surface area (Å²) >= 11 is 0. The van der Waals surface area contributed by atoms with Crippen LogP contribution >= 0.6 is 0 Å². The SMILES string of the molecule is O=C(CN1CCN(CC(=O)N2CCCCCC2)CC1)NCC1CCCO1. The van der Waals surface area contributed by atoms with E-state index >= 15 is 0 Å². The third kappa shape index (κ3) is 6.21. The summed E-state index contributed by atoms with van der Waals surface area (Å²) < 4.78 is 5.53. The van der Waals surface area contributed by atoms with Gasteiger partial charge >= 0.3 is 0 Å². The van der Waals surface area contributed by atoms with E-state index in [1.54, 1.807) is 0 Å². The molecular formula is C19H34N4O3. The maximum Gasteiger partial charge on any atom is 0.236 e. The molecule has 0 bridgehead atoms. The highest BCUT2D eigenvalue weighted by Crippen LogP contribution is 2.12. The second-order valence-electron chi connectivity index (χ2n) is 7.79. The van der Waals surface area contributed by atoms with Gasteiger partial charge in [-0.15, -0.1) is 0 Å². The van der Waals surface area contributed by atoms with Crippen molar-refractivity contribution in [1.82, 2.24) is 20.0 Å². The van der Waals surface area contributed by atoms with Crippen LogP contribution in [0.4, 0.5) is 0 Å². The number of nitrogens with one attached hydrogen (secondary N) is 1. The Kier molecular flexibility index (Phi) is 7.70. The van der Waals surface area contributed by atoms with Crippen molar-refractivity contribution in [2.75, 3.05) is 65.5 Å². The van der Waals surface area contributed by atoms with Crippen molar-refractivity contribution in [3.05, 3.63) is 0 Å². The number of carbonyl (C=O) groups excluding carboxylic acids is 2. The van der Waals surface area contributed by atoms with E-state index in [-0.39, 0.29) is 17.9 Å². The highest BCUT2D eigenvalue weighted by atomic mass is 16.5. The topological polar surface area (TPSA) is 65.1 Å². The van der Waals surface area contributed by atoms with Gasteiger partial charge in [0.2, 0.25) is 11.8 Å². The van der Waals surface area contributed by atoms with Crippen LogP contribution in [0.1, 0.15) is 38.5 Å². The number of carbonyl (C=O) groups is 2. The summed E-state index contributed by atoms with van der Waals surface area (Å²) in [4.78, 5) is 31.0. The van der Waals surface area contributed by atoms with Crippen molar-refractivity contribution in [3.8, 4) is 0 Å². The fourth-order valence-corrected chi connectivity index (χ4v) is 4.01. The molecule has 0 aliphatic carbocycles. The zero-order valence-corrected chi connectivity index (χ0v) is 16.0. The first kappa shape index (κ1) is 19.6. The van der Waals surface area contributed by atoms with Crippen molar-refractivity contribution in [1.29, 1.82) is 0 Å². The van der Waals surface area contributed by atoms with E-state index < -0.39 is 0 Å². The molecule has 0 aromatic rings. The van der Waals surface area contributed by atoms with Crippen molar-refractivity contribution in [2.45, 2.75) is 44.6 Å². The average Bonchev–Trinajstić information content (AvgIpc) is 3.01. The Hall–Kier alpha value is -1.18. The zero-order valence-electron chi connectivity index (χ0n) is 16.0. The standard InChI is InChI=1S/C19H34N4O3/c24-18(20-14-17-6-5-13-26-17)15-21-9-11-22(12-10-21)16-19(25)23-7-3-1-2-4-8-23/h17H,1-16H2,(H,20,24). The second-order valence-corrected chi connectivity index (χ2v) is 7.79. The fraction of sp³-hybridized carbons (Fsp3) is 0.895. The van der Waals surface area contributed by atoms with Crippen LogP contribution in [-0.4, -0.2) is 98.1 Å². The Morgan fingerprint density at radius 3 is 2.12 bits per heavy atom. The maximum absolute atomic E-state index is 12.5. The molecule has 3 aliphatic rings. The summed E-state index contributed by atoms with van der Waals surface area (Å²) in [5.74, 6) is 0.351. The van der Waals surface area contributed by atoms with Gasteiger partial charge < -0.3 is 15.0 Å². The largest absolute Gasteiger partial charge is 0.376 e. The summed E-state index contributed by atoms with van der Waals surface area (Å²) in [7, 11) is 0. The lowest BCUT2D eigenvalue weighted by Gasteiger charge is -2.35. The van der Waals surface area contributed by atoms with E-state index in [9.17, 15) is 9.59 Å². The molecule has 3 rings (SSSR count). The minimum atomic E-state index is 0.0783. The van der Waals surface area contributed by atoms with Crippen molar-refractivity contribution < 1.29 is 14.3 Å². The molecule has 1 N–H and O–H groups in total. The van der Waals surface area contributed by atoms with Crippen molar-refractivity contribution >= 4 is 11.8 Å². The zero-order chi connectivity index (χ0) is 18.2. The predicted molar refractivity (Wildman–Crippen MR) is 99.9 cm³/mol. The molecule has 2 amide bonds. The summed E-state index contributed by atoms with van der Waals surface area (Å²) in [6.07, 6.45) is 7.11.